The Morgan fingerprint density at radius 2 is 1.89 bits per heavy atom. The second-order valence-electron chi connectivity index (χ2n) is 4.45. The second-order valence-corrected chi connectivity index (χ2v) is 6.62. The van der Waals surface area contributed by atoms with Crippen molar-refractivity contribution in [1.29, 1.82) is 0 Å². The molecule has 0 fully saturated rings. The van der Waals surface area contributed by atoms with Crippen LogP contribution in [-0.4, -0.2) is 26.7 Å². The highest BCUT2D eigenvalue weighted by atomic mass is 35.5. The summed E-state index contributed by atoms with van der Waals surface area (Å²) < 4.78 is 26.7. The Labute approximate surface area is 119 Å². The summed E-state index contributed by atoms with van der Waals surface area (Å²) in [5.41, 5.74) is 0.678. The van der Waals surface area contributed by atoms with Gasteiger partial charge in [0.05, 0.1) is 4.90 Å². The smallest absolute Gasteiger partial charge is 0.240 e. The molecule has 0 radical (unpaired) electrons. The van der Waals surface area contributed by atoms with E-state index < -0.39 is 10.0 Å². The molecule has 4 nitrogen and oxygen atoms in total. The minimum Gasteiger partial charge on any atom is -0.396 e. The van der Waals surface area contributed by atoms with Gasteiger partial charge in [0.25, 0.3) is 0 Å². The minimum absolute atomic E-state index is 0.188. The van der Waals surface area contributed by atoms with Crippen molar-refractivity contribution in [2.24, 2.45) is 0 Å². The maximum atomic E-state index is 12.1. The summed E-state index contributed by atoms with van der Waals surface area (Å²) in [5, 5.41) is 9.04. The normalized spacial score (nSPS) is 11.7. The molecule has 2 N–H and O–H groups in total. The van der Waals surface area contributed by atoms with Gasteiger partial charge in [-0.3, -0.25) is 0 Å². The van der Waals surface area contributed by atoms with E-state index in [2.05, 4.69) is 4.72 Å². The van der Waals surface area contributed by atoms with Gasteiger partial charge in [-0.15, -0.1) is 0 Å². The number of nitrogens with one attached hydrogen (secondary N) is 1. The molecule has 0 atom stereocenters. The fraction of sp³-hybridized carbons (Fsp3) is 0.538. The molecule has 19 heavy (non-hydrogen) atoms. The van der Waals surface area contributed by atoms with E-state index in [4.69, 9.17) is 16.7 Å². The fourth-order valence-corrected chi connectivity index (χ4v) is 3.32. The summed E-state index contributed by atoms with van der Waals surface area (Å²) in [7, 11) is -3.49. The van der Waals surface area contributed by atoms with Crippen LogP contribution in [0.2, 0.25) is 5.02 Å². The molecule has 1 aromatic carbocycles. The van der Waals surface area contributed by atoms with Crippen molar-refractivity contribution < 1.29 is 13.5 Å². The van der Waals surface area contributed by atoms with E-state index in [1.165, 1.54) is 6.07 Å². The molecule has 1 rings (SSSR count). The molecule has 108 valence electrons. The van der Waals surface area contributed by atoms with Gasteiger partial charge in [0, 0.05) is 18.2 Å². The molecule has 6 heteroatoms. The molecule has 0 heterocycles. The Kier molecular flexibility index (Phi) is 6.79. The van der Waals surface area contributed by atoms with Gasteiger partial charge < -0.3 is 5.11 Å². The van der Waals surface area contributed by atoms with E-state index in [0.29, 0.717) is 17.1 Å². The van der Waals surface area contributed by atoms with Crippen molar-refractivity contribution in [1.82, 2.24) is 4.72 Å². The SMILES string of the molecule is Cc1ccc(Cl)cc1S(=O)(=O)NCCCCCCO. The van der Waals surface area contributed by atoms with Crippen LogP contribution in [0.3, 0.4) is 0 Å². The molecule has 0 spiro atoms. The summed E-state index contributed by atoms with van der Waals surface area (Å²) in [6, 6.07) is 4.83. The number of hydrogen-bond donors (Lipinski definition) is 2. The van der Waals surface area contributed by atoms with Crippen LogP contribution in [0.25, 0.3) is 0 Å². The predicted molar refractivity (Wildman–Crippen MR) is 76.9 cm³/mol. The molecule has 1 aromatic rings. The van der Waals surface area contributed by atoms with Crippen LogP contribution in [0.4, 0.5) is 0 Å². The van der Waals surface area contributed by atoms with E-state index in [9.17, 15) is 8.42 Å². The van der Waals surface area contributed by atoms with Crippen molar-refractivity contribution in [3.05, 3.63) is 28.8 Å². The van der Waals surface area contributed by atoms with E-state index in [1.54, 1.807) is 19.1 Å². The number of halogens is 1. The lowest BCUT2D eigenvalue weighted by Crippen LogP contribution is -2.25. The van der Waals surface area contributed by atoms with Crippen LogP contribution in [0.1, 0.15) is 31.2 Å². The third kappa shape index (κ3) is 5.48. The fourth-order valence-electron chi connectivity index (χ4n) is 1.74. The minimum atomic E-state index is -3.49. The Balaban J connectivity index is 2.54. The highest BCUT2D eigenvalue weighted by Crippen LogP contribution is 2.19. The zero-order valence-electron chi connectivity index (χ0n) is 11.0. The first-order valence-electron chi connectivity index (χ1n) is 6.34. The van der Waals surface area contributed by atoms with Crippen LogP contribution >= 0.6 is 11.6 Å². The van der Waals surface area contributed by atoms with Crippen molar-refractivity contribution in [3.63, 3.8) is 0 Å². The summed E-state index contributed by atoms with van der Waals surface area (Å²) in [6.45, 7) is 2.33. The van der Waals surface area contributed by atoms with Crippen molar-refractivity contribution in [2.45, 2.75) is 37.5 Å². The van der Waals surface area contributed by atoms with Gasteiger partial charge >= 0.3 is 0 Å². The molecule has 0 unspecified atom stereocenters. The molecule has 0 aliphatic rings. The topological polar surface area (TPSA) is 66.4 Å². The van der Waals surface area contributed by atoms with Gasteiger partial charge in [-0.25, -0.2) is 13.1 Å². The Hall–Kier alpha value is -0.620. The third-order valence-electron chi connectivity index (χ3n) is 2.82. The van der Waals surface area contributed by atoms with E-state index in [-0.39, 0.29) is 11.5 Å². The Morgan fingerprint density at radius 1 is 1.21 bits per heavy atom. The van der Waals surface area contributed by atoms with Crippen molar-refractivity contribution in [2.75, 3.05) is 13.2 Å². The quantitative estimate of drug-likeness (QED) is 0.725. The number of unbranched alkanes of at least 4 members (excludes halogenated alkanes) is 3. The molecule has 0 amide bonds. The number of aliphatic hydroxyl groups is 1. The number of sulfonamides is 1. The number of rotatable bonds is 8. The van der Waals surface area contributed by atoms with Crippen LogP contribution in [0, 0.1) is 6.92 Å². The average molecular weight is 306 g/mol. The zero-order valence-corrected chi connectivity index (χ0v) is 12.6. The predicted octanol–water partition coefficient (Wildman–Crippen LogP) is 2.48. The number of benzene rings is 1. The molecule has 0 saturated carbocycles. The zero-order chi connectivity index (χ0) is 14.3. The maximum Gasteiger partial charge on any atom is 0.240 e. The summed E-state index contributed by atoms with van der Waals surface area (Å²) in [6.07, 6.45) is 3.34. The van der Waals surface area contributed by atoms with Crippen molar-refractivity contribution >= 4 is 21.6 Å². The highest BCUT2D eigenvalue weighted by Gasteiger charge is 2.16. The molecular weight excluding hydrogens is 286 g/mol. The van der Waals surface area contributed by atoms with Crippen molar-refractivity contribution in [3.8, 4) is 0 Å². The number of aryl methyl sites for hydroxylation is 1. The lowest BCUT2D eigenvalue weighted by molar-refractivity contribution is 0.282. The lowest BCUT2D eigenvalue weighted by Gasteiger charge is -2.09. The molecule has 0 bridgehead atoms. The van der Waals surface area contributed by atoms with Crippen LogP contribution in [0.5, 0.6) is 0 Å². The monoisotopic (exact) mass is 305 g/mol. The van der Waals surface area contributed by atoms with Gasteiger partial charge in [-0.05, 0) is 37.5 Å². The largest absolute Gasteiger partial charge is 0.396 e. The van der Waals surface area contributed by atoms with Gasteiger partial charge in [0.1, 0.15) is 0 Å². The van der Waals surface area contributed by atoms with E-state index >= 15 is 0 Å². The first kappa shape index (κ1) is 16.4. The van der Waals surface area contributed by atoms with Crippen LogP contribution in [0.15, 0.2) is 23.1 Å². The van der Waals surface area contributed by atoms with Crippen LogP contribution in [-0.2, 0) is 10.0 Å². The highest BCUT2D eigenvalue weighted by molar-refractivity contribution is 7.89. The Morgan fingerprint density at radius 3 is 2.58 bits per heavy atom. The molecule has 0 aliphatic heterocycles. The second kappa shape index (κ2) is 7.85. The summed E-state index contributed by atoms with van der Waals surface area (Å²) in [5.74, 6) is 0. The van der Waals surface area contributed by atoms with Gasteiger partial charge in [0.2, 0.25) is 10.0 Å². The summed E-state index contributed by atoms with van der Waals surface area (Å²) in [4.78, 5) is 0.232. The Bertz CT molecular complexity index is 503. The first-order valence-corrected chi connectivity index (χ1v) is 8.20. The van der Waals surface area contributed by atoms with Crippen LogP contribution < -0.4 is 4.72 Å². The average Bonchev–Trinajstić information content (AvgIpc) is 2.36. The number of hydrogen-bond acceptors (Lipinski definition) is 3. The summed E-state index contributed by atoms with van der Waals surface area (Å²) >= 11 is 5.83. The van der Waals surface area contributed by atoms with E-state index in [0.717, 1.165) is 25.7 Å². The van der Waals surface area contributed by atoms with E-state index in [1.807, 2.05) is 0 Å². The molecule has 0 aromatic heterocycles. The molecule has 0 aliphatic carbocycles. The number of aliphatic hydroxyl groups excluding tert-OH is 1. The third-order valence-corrected chi connectivity index (χ3v) is 4.65. The van der Waals surface area contributed by atoms with Gasteiger partial charge in [0.15, 0.2) is 0 Å². The standard InChI is InChI=1S/C13H20ClNO3S/c1-11-6-7-12(14)10-13(11)19(17,18)15-8-4-2-3-5-9-16/h6-7,10,15-16H,2-5,8-9H2,1H3. The van der Waals surface area contributed by atoms with Gasteiger partial charge in [-0.1, -0.05) is 30.5 Å². The maximum absolute atomic E-state index is 12.1. The molecular formula is C13H20ClNO3S. The lowest BCUT2D eigenvalue weighted by atomic mass is 10.2. The first-order chi connectivity index (χ1) is 8.97. The molecule has 0 saturated heterocycles. The van der Waals surface area contributed by atoms with Gasteiger partial charge in [-0.2, -0.15) is 0 Å².